The highest BCUT2D eigenvalue weighted by atomic mass is 32.2. The van der Waals surface area contributed by atoms with Crippen molar-refractivity contribution in [3.63, 3.8) is 0 Å². The quantitative estimate of drug-likeness (QED) is 0.516. The molecule has 1 aliphatic heterocycles. The van der Waals surface area contributed by atoms with Crippen LogP contribution in [0.15, 0.2) is 95.0 Å². The highest BCUT2D eigenvalue weighted by Crippen LogP contribution is 2.49. The van der Waals surface area contributed by atoms with E-state index in [-0.39, 0.29) is 16.1 Å². The van der Waals surface area contributed by atoms with Crippen molar-refractivity contribution in [1.82, 2.24) is 0 Å². The summed E-state index contributed by atoms with van der Waals surface area (Å²) in [6.07, 6.45) is 0.875. The Morgan fingerprint density at radius 3 is 2.26 bits per heavy atom. The van der Waals surface area contributed by atoms with E-state index in [9.17, 15) is 17.6 Å². The van der Waals surface area contributed by atoms with Crippen molar-refractivity contribution in [2.24, 2.45) is 5.41 Å². The maximum atomic E-state index is 14.2. The molecule has 34 heavy (non-hydrogen) atoms. The molecule has 0 radical (unpaired) electrons. The van der Waals surface area contributed by atoms with E-state index < -0.39 is 21.9 Å². The number of carbonyl (C=O) groups excluding carboxylic acids is 1. The van der Waals surface area contributed by atoms with Gasteiger partial charge in [0.25, 0.3) is 10.0 Å². The summed E-state index contributed by atoms with van der Waals surface area (Å²) in [7, 11) is -4.10. The van der Waals surface area contributed by atoms with E-state index in [2.05, 4.69) is 5.32 Å². The Morgan fingerprint density at radius 1 is 0.912 bits per heavy atom. The number of nitrogens with one attached hydrogen (secondary N) is 1. The van der Waals surface area contributed by atoms with Crippen LogP contribution in [0.25, 0.3) is 0 Å². The molecule has 0 aromatic heterocycles. The number of fused-ring (bicyclic) bond motifs is 1. The number of anilines is 2. The lowest BCUT2D eigenvalue weighted by atomic mass is 9.73. The lowest BCUT2D eigenvalue weighted by Crippen LogP contribution is -2.39. The second-order valence-corrected chi connectivity index (χ2v) is 11.4. The van der Waals surface area contributed by atoms with Gasteiger partial charge in [0.2, 0.25) is 0 Å². The maximum Gasteiger partial charge on any atom is 0.265 e. The standard InChI is InChI=1S/C27H25FN2O3S/c1-27(2)16-22-25(24(31)17-27)26(18-12-14-19(28)15-13-18)30(23-11-7-6-10-21(23)29-22)34(32,33)20-8-4-3-5-9-20/h3-15,26,29H,16-17H2,1-2H3/t26-/m0/s1. The molecule has 1 atom stereocenters. The third-order valence-electron chi connectivity index (χ3n) is 6.34. The minimum absolute atomic E-state index is 0.115. The summed E-state index contributed by atoms with van der Waals surface area (Å²) in [6.45, 7) is 4.05. The van der Waals surface area contributed by atoms with Crippen molar-refractivity contribution in [1.29, 1.82) is 0 Å². The van der Waals surface area contributed by atoms with Gasteiger partial charge in [-0.1, -0.05) is 56.3 Å². The summed E-state index contributed by atoms with van der Waals surface area (Å²) in [5, 5.41) is 3.39. The largest absolute Gasteiger partial charge is 0.357 e. The zero-order valence-electron chi connectivity index (χ0n) is 19.0. The zero-order chi connectivity index (χ0) is 24.1. The normalized spacial score (nSPS) is 19.7. The Balaban J connectivity index is 1.84. The molecule has 0 unspecified atom stereocenters. The predicted octanol–water partition coefficient (Wildman–Crippen LogP) is 5.83. The number of nitrogens with zero attached hydrogens (tertiary/aromatic N) is 1. The van der Waals surface area contributed by atoms with E-state index in [1.54, 1.807) is 54.6 Å². The third-order valence-corrected chi connectivity index (χ3v) is 8.13. The van der Waals surface area contributed by atoms with Crippen molar-refractivity contribution in [2.75, 3.05) is 9.62 Å². The highest BCUT2D eigenvalue weighted by molar-refractivity contribution is 7.92. The zero-order valence-corrected chi connectivity index (χ0v) is 19.8. The van der Waals surface area contributed by atoms with Crippen LogP contribution in [-0.2, 0) is 14.8 Å². The van der Waals surface area contributed by atoms with E-state index >= 15 is 0 Å². The van der Waals surface area contributed by atoms with E-state index in [0.29, 0.717) is 41.1 Å². The van der Waals surface area contributed by atoms with Gasteiger partial charge in [-0.2, -0.15) is 0 Å². The maximum absolute atomic E-state index is 14.2. The van der Waals surface area contributed by atoms with Gasteiger partial charge in [-0.15, -0.1) is 0 Å². The lowest BCUT2D eigenvalue weighted by molar-refractivity contribution is -0.118. The summed E-state index contributed by atoms with van der Waals surface area (Å²) in [6, 6.07) is 20.1. The summed E-state index contributed by atoms with van der Waals surface area (Å²) in [5.41, 5.74) is 2.39. The Labute approximate surface area is 199 Å². The molecule has 0 amide bonds. The van der Waals surface area contributed by atoms with Crippen LogP contribution < -0.4 is 9.62 Å². The highest BCUT2D eigenvalue weighted by Gasteiger charge is 2.45. The summed E-state index contributed by atoms with van der Waals surface area (Å²) >= 11 is 0. The number of ketones is 1. The lowest BCUT2D eigenvalue weighted by Gasteiger charge is -2.37. The minimum atomic E-state index is -4.10. The number of allylic oxidation sites excluding steroid dienone is 1. The molecule has 1 N–H and O–H groups in total. The van der Waals surface area contributed by atoms with E-state index in [1.807, 2.05) is 26.0 Å². The van der Waals surface area contributed by atoms with Gasteiger partial charge in [0.15, 0.2) is 5.78 Å². The molecule has 5 rings (SSSR count). The van der Waals surface area contributed by atoms with Gasteiger partial charge in [0, 0.05) is 17.7 Å². The second kappa shape index (κ2) is 8.09. The molecule has 174 valence electrons. The molecule has 2 aliphatic rings. The first-order chi connectivity index (χ1) is 16.2. The number of rotatable bonds is 3. The number of Topliss-reactive ketones (excluding diaryl/α,β-unsaturated/α-hetero) is 1. The van der Waals surface area contributed by atoms with Crippen LogP contribution in [0, 0.1) is 11.2 Å². The molecular formula is C27H25FN2O3S. The average molecular weight is 477 g/mol. The number of sulfonamides is 1. The third kappa shape index (κ3) is 3.80. The van der Waals surface area contributed by atoms with Gasteiger partial charge in [0.05, 0.1) is 16.3 Å². The number of hydrogen-bond donors (Lipinski definition) is 1. The summed E-state index contributed by atoms with van der Waals surface area (Å²) in [4.78, 5) is 13.7. The molecule has 7 heteroatoms. The fourth-order valence-electron chi connectivity index (χ4n) is 4.88. The van der Waals surface area contributed by atoms with Crippen LogP contribution in [0.4, 0.5) is 15.8 Å². The van der Waals surface area contributed by atoms with Crippen LogP contribution >= 0.6 is 0 Å². The number of halogens is 1. The minimum Gasteiger partial charge on any atom is -0.357 e. The molecule has 0 saturated heterocycles. The number of para-hydroxylation sites is 2. The van der Waals surface area contributed by atoms with Gasteiger partial charge in [-0.3, -0.25) is 9.10 Å². The molecular weight excluding hydrogens is 451 g/mol. The smallest absolute Gasteiger partial charge is 0.265 e. The first-order valence-corrected chi connectivity index (χ1v) is 12.6. The van der Waals surface area contributed by atoms with Crippen molar-refractivity contribution in [3.8, 4) is 0 Å². The molecule has 3 aromatic carbocycles. The topological polar surface area (TPSA) is 66.5 Å². The van der Waals surface area contributed by atoms with Gasteiger partial charge in [0.1, 0.15) is 11.9 Å². The Kier molecular flexibility index (Phi) is 5.32. The van der Waals surface area contributed by atoms with E-state index in [0.717, 1.165) is 0 Å². The van der Waals surface area contributed by atoms with Crippen LogP contribution in [0.1, 0.15) is 38.3 Å². The van der Waals surface area contributed by atoms with Gasteiger partial charge in [-0.05, 0) is 53.8 Å². The molecule has 0 bridgehead atoms. The molecule has 5 nitrogen and oxygen atoms in total. The Hall–Kier alpha value is -3.45. The van der Waals surface area contributed by atoms with Crippen molar-refractivity contribution < 1.29 is 17.6 Å². The summed E-state index contributed by atoms with van der Waals surface area (Å²) < 4.78 is 43.5. The summed E-state index contributed by atoms with van der Waals surface area (Å²) in [5.74, 6) is -0.548. The van der Waals surface area contributed by atoms with Crippen molar-refractivity contribution >= 4 is 27.2 Å². The Bertz CT molecular complexity index is 1400. The van der Waals surface area contributed by atoms with Crippen LogP contribution in [0.5, 0.6) is 0 Å². The van der Waals surface area contributed by atoms with Crippen molar-refractivity contribution in [3.05, 3.63) is 102 Å². The number of hydrogen-bond acceptors (Lipinski definition) is 4. The van der Waals surface area contributed by atoms with Crippen LogP contribution in [0.2, 0.25) is 0 Å². The molecule has 0 fully saturated rings. The van der Waals surface area contributed by atoms with Crippen LogP contribution in [0.3, 0.4) is 0 Å². The average Bonchev–Trinajstić information content (AvgIpc) is 2.94. The Morgan fingerprint density at radius 2 is 1.56 bits per heavy atom. The molecule has 3 aromatic rings. The second-order valence-electron chi connectivity index (χ2n) is 9.54. The first-order valence-electron chi connectivity index (χ1n) is 11.1. The van der Waals surface area contributed by atoms with Crippen LogP contribution in [-0.4, -0.2) is 14.2 Å². The van der Waals surface area contributed by atoms with E-state index in [1.165, 1.54) is 16.4 Å². The fraction of sp³-hybridized carbons (Fsp3) is 0.222. The van der Waals surface area contributed by atoms with Gasteiger partial charge < -0.3 is 5.32 Å². The molecule has 1 aliphatic carbocycles. The van der Waals surface area contributed by atoms with Gasteiger partial charge >= 0.3 is 0 Å². The van der Waals surface area contributed by atoms with Gasteiger partial charge in [-0.25, -0.2) is 12.8 Å². The molecule has 1 heterocycles. The number of carbonyl (C=O) groups is 1. The number of benzene rings is 3. The molecule has 0 spiro atoms. The fourth-order valence-corrected chi connectivity index (χ4v) is 6.53. The SMILES string of the molecule is CC1(C)CC(=O)C2=C(C1)Nc1ccccc1N(S(=O)(=O)c1ccccc1)[C@H]2c1ccc(F)cc1. The first kappa shape index (κ1) is 22.3. The van der Waals surface area contributed by atoms with Crippen molar-refractivity contribution in [2.45, 2.75) is 37.6 Å². The monoisotopic (exact) mass is 476 g/mol. The molecule has 0 saturated carbocycles. The van der Waals surface area contributed by atoms with E-state index in [4.69, 9.17) is 0 Å². The predicted molar refractivity (Wildman–Crippen MR) is 130 cm³/mol.